The van der Waals surface area contributed by atoms with Gasteiger partial charge in [-0.1, -0.05) is 0 Å². The van der Waals surface area contributed by atoms with Crippen LogP contribution in [0.2, 0.25) is 0 Å². The van der Waals surface area contributed by atoms with Crippen molar-refractivity contribution in [3.05, 3.63) is 0 Å². The van der Waals surface area contributed by atoms with Crippen LogP contribution in [-0.4, -0.2) is 117 Å². The average molecular weight is 327 g/mol. The highest BCUT2D eigenvalue weighted by molar-refractivity contribution is 6.31. The van der Waals surface area contributed by atoms with Gasteiger partial charge in [0.15, 0.2) is 0 Å². The number of rotatable bonds is 0. The molecule has 0 amide bonds. The quantitative estimate of drug-likeness (QED) is 0.183. The molecule has 0 heterocycles. The largest absolute Gasteiger partial charge is 0.631 e. The second kappa shape index (κ2) is 31.9. The molecule has 0 fully saturated rings. The van der Waals surface area contributed by atoms with Gasteiger partial charge in [0, 0.05) is 0 Å². The van der Waals surface area contributed by atoms with Gasteiger partial charge in [-0.3, -0.25) is 0 Å². The van der Waals surface area contributed by atoms with Gasteiger partial charge in [0.05, 0.1) is 0 Å². The van der Waals surface area contributed by atoms with E-state index in [0.717, 1.165) is 0 Å². The summed E-state index contributed by atoms with van der Waals surface area (Å²) in [4.78, 5) is 0. The minimum atomic E-state index is -2.17. The molecule has 128 valence electrons. The van der Waals surface area contributed by atoms with Crippen molar-refractivity contribution in [1.82, 2.24) is 0 Å². The minimum absolute atomic E-state index is 0. The van der Waals surface area contributed by atoms with Gasteiger partial charge in [-0.15, -0.1) is 0 Å². The number of hydrogen-bond acceptors (Lipinski definition) is 15. The maximum atomic E-state index is 7.17. The first-order valence-corrected chi connectivity index (χ1v) is 3.87. The normalized spacial score (nSPS) is 6.43. The summed E-state index contributed by atoms with van der Waals surface area (Å²) in [6, 6.07) is 0. The highest BCUT2D eigenvalue weighted by atomic mass is 16.5. The molecule has 0 spiro atoms. The standard InChI is InChI=1S/5BH3O3.H2O/c5*2-1(3)4;/h5*2-4H;1H2. The van der Waals surface area contributed by atoms with E-state index in [9.17, 15) is 0 Å². The molecule has 0 bridgehead atoms. The van der Waals surface area contributed by atoms with Gasteiger partial charge in [0.1, 0.15) is 0 Å². The predicted molar refractivity (Wildman–Crippen MR) is 65.7 cm³/mol. The van der Waals surface area contributed by atoms with Crippen LogP contribution in [0.15, 0.2) is 0 Å². The highest BCUT2D eigenvalue weighted by Gasteiger charge is 1.94. The van der Waals surface area contributed by atoms with Crippen LogP contribution in [-0.2, 0) is 0 Å². The molecule has 0 aromatic carbocycles. The SMILES string of the molecule is O.OB(O)O.OB(O)O.OB(O)O.OB(O)O.OB(O)O. The summed E-state index contributed by atoms with van der Waals surface area (Å²) in [5.74, 6) is 0. The monoisotopic (exact) mass is 328 g/mol. The van der Waals surface area contributed by atoms with E-state index in [1.54, 1.807) is 0 Å². The van der Waals surface area contributed by atoms with Crippen LogP contribution in [0.5, 0.6) is 0 Å². The third-order valence-electron chi connectivity index (χ3n) is 0. The molecule has 0 unspecified atom stereocenters. The Morgan fingerprint density at radius 1 is 0.238 bits per heavy atom. The third-order valence-corrected chi connectivity index (χ3v) is 0. The van der Waals surface area contributed by atoms with Gasteiger partial charge >= 0.3 is 36.6 Å². The highest BCUT2D eigenvalue weighted by Crippen LogP contribution is 1.41. The van der Waals surface area contributed by atoms with Crippen molar-refractivity contribution in [3.63, 3.8) is 0 Å². The van der Waals surface area contributed by atoms with Gasteiger partial charge in [-0.05, 0) is 0 Å². The zero-order valence-corrected chi connectivity index (χ0v) is 10.1. The maximum Gasteiger partial charge on any atom is 0.631 e. The van der Waals surface area contributed by atoms with E-state index in [-0.39, 0.29) is 5.48 Å². The van der Waals surface area contributed by atoms with Gasteiger partial charge in [0.25, 0.3) is 0 Å². The lowest BCUT2D eigenvalue weighted by molar-refractivity contribution is 0.276. The first-order valence-electron chi connectivity index (χ1n) is 3.87. The molecule has 0 aromatic heterocycles. The van der Waals surface area contributed by atoms with Crippen molar-refractivity contribution in [2.75, 3.05) is 0 Å². The van der Waals surface area contributed by atoms with E-state index in [4.69, 9.17) is 75.4 Å². The molecule has 0 aliphatic heterocycles. The van der Waals surface area contributed by atoms with E-state index in [2.05, 4.69) is 0 Å². The van der Waals surface area contributed by atoms with Crippen LogP contribution in [0.25, 0.3) is 0 Å². The summed E-state index contributed by atoms with van der Waals surface area (Å²) >= 11 is 0. The zero-order valence-electron chi connectivity index (χ0n) is 10.1. The van der Waals surface area contributed by atoms with Crippen molar-refractivity contribution >= 4 is 36.6 Å². The summed E-state index contributed by atoms with van der Waals surface area (Å²) in [5.41, 5.74) is 0. The Bertz CT molecular complexity index is 75.2. The summed E-state index contributed by atoms with van der Waals surface area (Å²) in [6.45, 7) is 0. The van der Waals surface area contributed by atoms with Crippen LogP contribution < -0.4 is 0 Å². The molecule has 21 heavy (non-hydrogen) atoms. The van der Waals surface area contributed by atoms with Gasteiger partial charge < -0.3 is 80.8 Å². The molecule has 17 N–H and O–H groups in total. The fourth-order valence-corrected chi connectivity index (χ4v) is 0. The second-order valence-electron chi connectivity index (χ2n) is 1.73. The topological polar surface area (TPSA) is 335 Å². The molecule has 0 rings (SSSR count). The van der Waals surface area contributed by atoms with Crippen molar-refractivity contribution < 1.29 is 80.8 Å². The Labute approximate surface area is 118 Å². The van der Waals surface area contributed by atoms with E-state index < -0.39 is 36.6 Å². The Kier molecular flexibility index (Phi) is 56.4. The summed E-state index contributed by atoms with van der Waals surface area (Å²) < 4.78 is 0. The van der Waals surface area contributed by atoms with Crippen LogP contribution >= 0.6 is 0 Å². The van der Waals surface area contributed by atoms with Crippen LogP contribution in [0.1, 0.15) is 0 Å². The van der Waals surface area contributed by atoms with Crippen molar-refractivity contribution in [2.24, 2.45) is 0 Å². The fraction of sp³-hybridized carbons (Fsp3) is 0. The van der Waals surface area contributed by atoms with E-state index in [0.29, 0.717) is 0 Å². The van der Waals surface area contributed by atoms with E-state index >= 15 is 0 Å². The lowest BCUT2D eigenvalue weighted by atomic mass is 10.3. The molecular weight excluding hydrogens is 310 g/mol. The molecule has 0 saturated carbocycles. The van der Waals surface area contributed by atoms with Crippen molar-refractivity contribution in [3.8, 4) is 0 Å². The Balaban J connectivity index is -0.0000000331. The van der Waals surface area contributed by atoms with E-state index in [1.165, 1.54) is 0 Å². The lowest BCUT2D eigenvalue weighted by Gasteiger charge is -1.69. The molecule has 21 heteroatoms. The lowest BCUT2D eigenvalue weighted by Crippen LogP contribution is -2.07. The minimum Gasteiger partial charge on any atom is -0.412 e. The predicted octanol–water partition coefficient (Wildman–Crippen LogP) is -11.1. The molecule has 0 aromatic rings. The summed E-state index contributed by atoms with van der Waals surface area (Å²) in [6.07, 6.45) is 0. The molecule has 0 saturated heterocycles. The molecule has 0 radical (unpaired) electrons. The van der Waals surface area contributed by atoms with Crippen molar-refractivity contribution in [2.45, 2.75) is 0 Å². The molecule has 0 atom stereocenters. The molecule has 0 aliphatic rings. The van der Waals surface area contributed by atoms with Gasteiger partial charge in [-0.2, -0.15) is 0 Å². The van der Waals surface area contributed by atoms with Crippen molar-refractivity contribution in [1.29, 1.82) is 0 Å². The molecular formula is H17B5O16. The molecule has 0 aliphatic carbocycles. The smallest absolute Gasteiger partial charge is 0.412 e. The average Bonchev–Trinajstić information content (AvgIpc) is 1.94. The summed E-state index contributed by atoms with van der Waals surface area (Å²) in [5, 5.41) is 108. The summed E-state index contributed by atoms with van der Waals surface area (Å²) in [7, 11) is -10.8. The fourth-order valence-electron chi connectivity index (χ4n) is 0. The Morgan fingerprint density at radius 2 is 0.238 bits per heavy atom. The first kappa shape index (κ1) is 37.2. The second-order valence-corrected chi connectivity index (χ2v) is 1.73. The van der Waals surface area contributed by atoms with Crippen LogP contribution in [0.4, 0.5) is 0 Å². The van der Waals surface area contributed by atoms with Gasteiger partial charge in [-0.25, -0.2) is 0 Å². The van der Waals surface area contributed by atoms with E-state index in [1.807, 2.05) is 0 Å². The Morgan fingerprint density at radius 3 is 0.238 bits per heavy atom. The molecule has 16 nitrogen and oxygen atoms in total. The zero-order chi connectivity index (χ0) is 17.9. The van der Waals surface area contributed by atoms with Gasteiger partial charge in [0.2, 0.25) is 0 Å². The van der Waals surface area contributed by atoms with Crippen LogP contribution in [0.3, 0.4) is 0 Å². The third kappa shape index (κ3) is 61900. The Hall–Kier alpha value is -0.315. The van der Waals surface area contributed by atoms with Crippen LogP contribution in [0, 0.1) is 0 Å². The number of hydrogen-bond donors (Lipinski definition) is 15. The maximum absolute atomic E-state index is 7.17. The first-order chi connectivity index (χ1) is 8.66.